The fraction of sp³-hybridized carbons (Fsp3) is 0.802. The highest BCUT2D eigenvalue weighted by Crippen LogP contribution is 2.45. The third-order valence-corrected chi connectivity index (χ3v) is 19.0. The molecule has 582 valence electrons. The summed E-state index contributed by atoms with van der Waals surface area (Å²) in [5.41, 5.74) is 0. The van der Waals surface area contributed by atoms with E-state index >= 15 is 0 Å². The van der Waals surface area contributed by atoms with E-state index in [4.69, 9.17) is 37.0 Å². The average molecular weight is 1450 g/mol. The van der Waals surface area contributed by atoms with Crippen LogP contribution in [0.25, 0.3) is 0 Å². The molecule has 0 spiro atoms. The first-order valence-corrected chi connectivity index (χ1v) is 43.2. The summed E-state index contributed by atoms with van der Waals surface area (Å²) in [5.74, 6) is -2.19. The van der Waals surface area contributed by atoms with Gasteiger partial charge in [-0.3, -0.25) is 37.3 Å². The zero-order valence-electron chi connectivity index (χ0n) is 63.6. The lowest BCUT2D eigenvalue weighted by Crippen LogP contribution is -2.30. The summed E-state index contributed by atoms with van der Waals surface area (Å²) >= 11 is 0. The first kappa shape index (κ1) is 96.5. The fourth-order valence-electron chi connectivity index (χ4n) is 11.0. The molecule has 0 heterocycles. The topological polar surface area (TPSA) is 237 Å². The van der Waals surface area contributed by atoms with Gasteiger partial charge >= 0.3 is 39.5 Å². The Bertz CT molecular complexity index is 2180. The van der Waals surface area contributed by atoms with Crippen LogP contribution in [0.15, 0.2) is 72.9 Å². The Labute approximate surface area is 609 Å². The molecule has 100 heavy (non-hydrogen) atoms. The molecule has 3 N–H and O–H groups in total. The van der Waals surface area contributed by atoms with E-state index < -0.39 is 97.5 Å². The SMILES string of the molecule is CCCCC/C=C\C/C=C\C/C=C\CCCCCCCCC(=O)OCC(COP(=O)(O)OCC(O)COP(=O)(O)OCC(COC(=O)CCCCCCC/C=C\C/C=C\CCCCC)OC(=O)CCCCCCC/C=C\CCCCCCCC)OC(=O)CCCCCCCCCCCCC. The van der Waals surface area contributed by atoms with Crippen LogP contribution in [-0.4, -0.2) is 96.7 Å². The summed E-state index contributed by atoms with van der Waals surface area (Å²) < 4.78 is 68.6. The third kappa shape index (κ3) is 72.8. The van der Waals surface area contributed by atoms with E-state index in [0.717, 1.165) is 167 Å². The fourth-order valence-corrected chi connectivity index (χ4v) is 12.5. The molecule has 0 aromatic rings. The molecule has 0 aliphatic rings. The van der Waals surface area contributed by atoms with Crippen LogP contribution in [0.1, 0.15) is 362 Å². The molecule has 17 nitrogen and oxygen atoms in total. The van der Waals surface area contributed by atoms with E-state index in [9.17, 15) is 43.2 Å². The zero-order valence-corrected chi connectivity index (χ0v) is 65.4. The lowest BCUT2D eigenvalue weighted by atomic mass is 10.1. The minimum Gasteiger partial charge on any atom is -0.462 e. The molecule has 0 fully saturated rings. The number of rotatable bonds is 76. The Hall–Kier alpha value is -3.50. The van der Waals surface area contributed by atoms with Crippen molar-refractivity contribution in [2.75, 3.05) is 39.6 Å². The largest absolute Gasteiger partial charge is 0.472 e. The molecule has 0 aliphatic heterocycles. The molecular formula is C81H146O17P2. The minimum atomic E-state index is -4.98. The second-order valence-electron chi connectivity index (χ2n) is 27.0. The van der Waals surface area contributed by atoms with Gasteiger partial charge in [0.25, 0.3) is 0 Å². The van der Waals surface area contributed by atoms with Crippen LogP contribution in [0, 0.1) is 0 Å². The van der Waals surface area contributed by atoms with Crippen molar-refractivity contribution in [3.8, 4) is 0 Å². The van der Waals surface area contributed by atoms with Crippen molar-refractivity contribution in [2.24, 2.45) is 0 Å². The van der Waals surface area contributed by atoms with Gasteiger partial charge in [-0.2, -0.15) is 0 Å². The molecule has 0 aromatic carbocycles. The van der Waals surface area contributed by atoms with Crippen LogP contribution < -0.4 is 0 Å². The highest BCUT2D eigenvalue weighted by molar-refractivity contribution is 7.47. The van der Waals surface area contributed by atoms with Gasteiger partial charge in [-0.25, -0.2) is 9.13 Å². The zero-order chi connectivity index (χ0) is 73.2. The Morgan fingerprint density at radius 3 is 0.780 bits per heavy atom. The third-order valence-electron chi connectivity index (χ3n) is 17.1. The summed E-state index contributed by atoms with van der Waals surface area (Å²) in [7, 11) is -9.95. The molecule has 0 aliphatic carbocycles. The summed E-state index contributed by atoms with van der Waals surface area (Å²) in [4.78, 5) is 72.9. The van der Waals surface area contributed by atoms with Crippen molar-refractivity contribution >= 4 is 39.5 Å². The van der Waals surface area contributed by atoms with E-state index in [-0.39, 0.29) is 25.7 Å². The van der Waals surface area contributed by atoms with E-state index in [2.05, 4.69) is 101 Å². The number of allylic oxidation sites excluding steroid dienone is 12. The number of carbonyl (C=O) groups excluding carboxylic acids is 4. The molecule has 0 amide bonds. The van der Waals surface area contributed by atoms with Crippen molar-refractivity contribution < 1.29 is 80.2 Å². The number of ether oxygens (including phenoxy) is 4. The molecule has 5 unspecified atom stereocenters. The number of aliphatic hydroxyl groups is 1. The lowest BCUT2D eigenvalue weighted by molar-refractivity contribution is -0.161. The van der Waals surface area contributed by atoms with Crippen LogP contribution >= 0.6 is 15.6 Å². The summed E-state index contributed by atoms with van der Waals surface area (Å²) in [6.45, 7) is 4.83. The Morgan fingerprint density at radius 1 is 0.280 bits per heavy atom. The molecule has 0 rings (SSSR count). The second kappa shape index (κ2) is 73.8. The van der Waals surface area contributed by atoms with Gasteiger partial charge in [-0.15, -0.1) is 0 Å². The number of phosphoric ester groups is 2. The van der Waals surface area contributed by atoms with Crippen molar-refractivity contribution in [2.45, 2.75) is 380 Å². The van der Waals surface area contributed by atoms with Gasteiger partial charge in [0.15, 0.2) is 12.2 Å². The van der Waals surface area contributed by atoms with Gasteiger partial charge in [0.1, 0.15) is 19.3 Å². The van der Waals surface area contributed by atoms with Crippen molar-refractivity contribution in [3.63, 3.8) is 0 Å². The number of hydrogen-bond acceptors (Lipinski definition) is 15. The quantitative estimate of drug-likeness (QED) is 0.0169. The molecule has 0 saturated heterocycles. The Balaban J connectivity index is 5.31. The number of phosphoric acid groups is 2. The summed E-state index contributed by atoms with van der Waals surface area (Å²) in [6.07, 6.45) is 74.5. The van der Waals surface area contributed by atoms with Gasteiger partial charge in [0.2, 0.25) is 0 Å². The van der Waals surface area contributed by atoms with Gasteiger partial charge < -0.3 is 33.8 Å². The summed E-state index contributed by atoms with van der Waals surface area (Å²) in [6, 6.07) is 0. The van der Waals surface area contributed by atoms with Gasteiger partial charge in [0, 0.05) is 25.7 Å². The van der Waals surface area contributed by atoms with Gasteiger partial charge in [0.05, 0.1) is 26.4 Å². The maximum Gasteiger partial charge on any atom is 0.472 e. The van der Waals surface area contributed by atoms with Gasteiger partial charge in [-0.05, 0) is 122 Å². The van der Waals surface area contributed by atoms with E-state index in [1.807, 2.05) is 0 Å². The highest BCUT2D eigenvalue weighted by Gasteiger charge is 2.30. The molecule has 0 bridgehead atoms. The van der Waals surface area contributed by atoms with E-state index in [1.54, 1.807) is 0 Å². The first-order valence-electron chi connectivity index (χ1n) is 40.2. The van der Waals surface area contributed by atoms with Crippen LogP contribution in [0.3, 0.4) is 0 Å². The van der Waals surface area contributed by atoms with E-state index in [0.29, 0.717) is 25.7 Å². The molecule has 0 saturated carbocycles. The Kier molecular flexibility index (Phi) is 71.2. The average Bonchev–Trinajstić information content (AvgIpc) is 0.953. The van der Waals surface area contributed by atoms with Crippen LogP contribution in [0.2, 0.25) is 0 Å². The minimum absolute atomic E-state index is 0.0851. The maximum absolute atomic E-state index is 13.1. The normalized spacial score (nSPS) is 14.3. The second-order valence-corrected chi connectivity index (χ2v) is 29.9. The van der Waals surface area contributed by atoms with Crippen LogP contribution in [0.4, 0.5) is 0 Å². The molecular weight excluding hydrogens is 1310 g/mol. The molecule has 0 radical (unpaired) electrons. The standard InChI is InChI=1S/C81H146O17P2/c1-5-9-13-17-21-25-29-32-35-36-37-38-41-43-47-50-54-58-62-66-79(84)91-71-76(97-80(85)67-63-59-55-51-45-28-24-20-16-12-8-4)73-95-99(87,88)93-69-75(82)70-94-100(89,90)96-74-77(98-81(86)68-64-60-56-52-48-44-40-34-31-27-23-19-15-11-7-3)72-92-78(83)65-61-57-53-49-46-42-39-33-30-26-22-18-14-10-6-2/h21-22,25-26,32-35,37-40,75-77,82H,5-20,23-24,27-31,36,41-74H2,1-4H3,(H,87,88)(H,89,90)/b25-21-,26-22-,35-32-,38-37-,39-33-,40-34-. The smallest absolute Gasteiger partial charge is 0.462 e. The van der Waals surface area contributed by atoms with Crippen molar-refractivity contribution in [1.82, 2.24) is 0 Å². The first-order chi connectivity index (χ1) is 48.7. The maximum atomic E-state index is 13.1. The van der Waals surface area contributed by atoms with E-state index in [1.165, 1.54) is 116 Å². The van der Waals surface area contributed by atoms with Crippen molar-refractivity contribution in [3.05, 3.63) is 72.9 Å². The predicted octanol–water partition coefficient (Wildman–Crippen LogP) is 23.2. The Morgan fingerprint density at radius 2 is 0.490 bits per heavy atom. The van der Waals surface area contributed by atoms with Crippen molar-refractivity contribution in [1.29, 1.82) is 0 Å². The summed E-state index contributed by atoms with van der Waals surface area (Å²) in [5, 5.41) is 10.6. The number of hydrogen-bond donors (Lipinski definition) is 3. The molecule has 0 aromatic heterocycles. The van der Waals surface area contributed by atoms with Crippen LogP contribution in [0.5, 0.6) is 0 Å². The molecule has 5 atom stereocenters. The monoisotopic (exact) mass is 1450 g/mol. The van der Waals surface area contributed by atoms with Gasteiger partial charge in [-0.1, -0.05) is 287 Å². The lowest BCUT2D eigenvalue weighted by Gasteiger charge is -2.21. The highest BCUT2D eigenvalue weighted by atomic mass is 31.2. The molecule has 19 heteroatoms. The number of aliphatic hydroxyl groups excluding tert-OH is 1. The number of unbranched alkanes of at least 4 members (excludes halogenated alkanes) is 38. The van der Waals surface area contributed by atoms with Crippen LogP contribution in [-0.2, 0) is 65.4 Å². The predicted molar refractivity (Wildman–Crippen MR) is 409 cm³/mol. The number of carbonyl (C=O) groups is 4. The number of esters is 4.